The van der Waals surface area contributed by atoms with Crippen molar-refractivity contribution in [3.63, 3.8) is 0 Å². The highest BCUT2D eigenvalue weighted by atomic mass is 35.5. The highest BCUT2D eigenvalue weighted by molar-refractivity contribution is 6.30. The van der Waals surface area contributed by atoms with E-state index in [2.05, 4.69) is 18.0 Å². The summed E-state index contributed by atoms with van der Waals surface area (Å²) < 4.78 is 11.4. The molecule has 0 radical (unpaired) electrons. The molecule has 1 aromatic heterocycles. The van der Waals surface area contributed by atoms with Crippen LogP contribution >= 0.6 is 11.6 Å². The second-order valence-electron chi connectivity index (χ2n) is 8.80. The first-order valence-electron chi connectivity index (χ1n) is 10.4. The minimum absolute atomic E-state index is 0.137. The molecular formula is C22H35ClN2O3. The number of hydrogen-bond acceptors (Lipinski definition) is 4. The van der Waals surface area contributed by atoms with Crippen molar-refractivity contribution in [2.24, 2.45) is 5.92 Å². The maximum Gasteiger partial charge on any atom is 0.410 e. The molecule has 2 rings (SSSR count). The Balaban J connectivity index is 1.53. The van der Waals surface area contributed by atoms with Crippen molar-refractivity contribution in [1.82, 2.24) is 9.88 Å². The van der Waals surface area contributed by atoms with Gasteiger partial charge in [0.25, 0.3) is 0 Å². The minimum atomic E-state index is -0.449. The van der Waals surface area contributed by atoms with Crippen LogP contribution in [0.15, 0.2) is 18.3 Å². The third-order valence-electron chi connectivity index (χ3n) is 4.98. The summed E-state index contributed by atoms with van der Waals surface area (Å²) in [5.74, 6) is 0.658. The first-order valence-corrected chi connectivity index (χ1v) is 10.8. The van der Waals surface area contributed by atoms with Crippen molar-refractivity contribution in [2.45, 2.75) is 77.9 Å². The van der Waals surface area contributed by atoms with E-state index in [4.69, 9.17) is 21.1 Å². The number of unbranched alkanes of at least 4 members (excludes halogenated alkanes) is 1. The van der Waals surface area contributed by atoms with Gasteiger partial charge in [-0.2, -0.15) is 0 Å². The fraction of sp³-hybridized carbons (Fsp3) is 0.727. The van der Waals surface area contributed by atoms with Gasteiger partial charge in [-0.05, 0) is 64.0 Å². The number of carbonyl (C=O) groups excluding carboxylic acids is 1. The van der Waals surface area contributed by atoms with Gasteiger partial charge in [-0.25, -0.2) is 9.78 Å². The van der Waals surface area contributed by atoms with Gasteiger partial charge in [-0.15, -0.1) is 0 Å². The molecule has 28 heavy (non-hydrogen) atoms. The predicted molar refractivity (Wildman–Crippen MR) is 113 cm³/mol. The molecule has 0 aromatic carbocycles. The van der Waals surface area contributed by atoms with E-state index < -0.39 is 5.60 Å². The SMILES string of the molecule is CC(CCCCO[C@@H]1CCN(C(=O)OC(C)(C)C)C1)CCc1cccnc1Cl. The molecular weight excluding hydrogens is 376 g/mol. The van der Waals surface area contributed by atoms with Gasteiger partial charge in [0.15, 0.2) is 0 Å². The number of carbonyl (C=O) groups is 1. The van der Waals surface area contributed by atoms with Crippen molar-refractivity contribution in [3.05, 3.63) is 29.0 Å². The van der Waals surface area contributed by atoms with E-state index in [1.54, 1.807) is 11.1 Å². The number of halogens is 1. The van der Waals surface area contributed by atoms with Gasteiger partial charge in [0.05, 0.1) is 12.6 Å². The molecule has 0 aliphatic carbocycles. The van der Waals surface area contributed by atoms with Crippen molar-refractivity contribution in [2.75, 3.05) is 19.7 Å². The zero-order valence-corrected chi connectivity index (χ0v) is 18.5. The summed E-state index contributed by atoms with van der Waals surface area (Å²) in [7, 11) is 0. The lowest BCUT2D eigenvalue weighted by Gasteiger charge is -2.24. The Kier molecular flexibility index (Phi) is 9.03. The molecule has 2 atom stereocenters. The van der Waals surface area contributed by atoms with E-state index in [0.717, 1.165) is 44.3 Å². The van der Waals surface area contributed by atoms with Crippen LogP contribution in [0.2, 0.25) is 5.15 Å². The van der Waals surface area contributed by atoms with Crippen LogP contribution < -0.4 is 0 Å². The second-order valence-corrected chi connectivity index (χ2v) is 9.16. The number of pyridine rings is 1. The van der Waals surface area contributed by atoms with Crippen molar-refractivity contribution in [1.29, 1.82) is 0 Å². The van der Waals surface area contributed by atoms with Gasteiger partial charge in [0.1, 0.15) is 10.8 Å². The summed E-state index contributed by atoms with van der Waals surface area (Å²) in [4.78, 5) is 18.0. The summed E-state index contributed by atoms with van der Waals surface area (Å²) in [5.41, 5.74) is 0.685. The predicted octanol–water partition coefficient (Wildman–Crippen LogP) is 5.50. The molecule has 0 N–H and O–H groups in total. The molecule has 1 aliphatic heterocycles. The quantitative estimate of drug-likeness (QED) is 0.398. The Bertz CT molecular complexity index is 618. The van der Waals surface area contributed by atoms with Crippen LogP contribution in [0, 0.1) is 5.92 Å². The number of aryl methyl sites for hydroxylation is 1. The molecule has 1 amide bonds. The third-order valence-corrected chi connectivity index (χ3v) is 5.32. The van der Waals surface area contributed by atoms with Crippen LogP contribution in [0.1, 0.15) is 65.4 Å². The van der Waals surface area contributed by atoms with Gasteiger partial charge in [0, 0.05) is 19.3 Å². The molecule has 5 nitrogen and oxygen atoms in total. The highest BCUT2D eigenvalue weighted by Gasteiger charge is 2.30. The summed E-state index contributed by atoms with van der Waals surface area (Å²) in [6, 6.07) is 3.99. The zero-order valence-electron chi connectivity index (χ0n) is 17.7. The van der Waals surface area contributed by atoms with Gasteiger partial charge < -0.3 is 14.4 Å². The summed E-state index contributed by atoms with van der Waals surface area (Å²) >= 11 is 6.12. The molecule has 2 heterocycles. The van der Waals surface area contributed by atoms with E-state index in [0.29, 0.717) is 24.2 Å². The smallest absolute Gasteiger partial charge is 0.410 e. The Hall–Kier alpha value is -1.33. The number of amides is 1. The minimum Gasteiger partial charge on any atom is -0.444 e. The number of likely N-dealkylation sites (tertiary alicyclic amines) is 1. The maximum atomic E-state index is 12.1. The molecule has 0 saturated carbocycles. The molecule has 0 bridgehead atoms. The van der Waals surface area contributed by atoms with Gasteiger partial charge in [-0.1, -0.05) is 37.4 Å². The standard InChI is InChI=1S/C22H35ClN2O3/c1-17(10-11-18-9-7-13-24-20(18)23)8-5-6-15-27-19-12-14-25(16-19)21(26)28-22(2,3)4/h7,9,13,17,19H,5-6,8,10-12,14-16H2,1-4H3/t17?,19-/m1/s1. The first-order chi connectivity index (χ1) is 13.2. The van der Waals surface area contributed by atoms with Crippen LogP contribution in [0.5, 0.6) is 0 Å². The Morgan fingerprint density at radius 3 is 2.86 bits per heavy atom. The summed E-state index contributed by atoms with van der Waals surface area (Å²) in [5, 5.41) is 0.625. The van der Waals surface area contributed by atoms with E-state index in [1.165, 1.54) is 6.42 Å². The number of hydrogen-bond donors (Lipinski definition) is 0. The molecule has 1 aromatic rings. The molecule has 1 saturated heterocycles. The van der Waals surface area contributed by atoms with Gasteiger partial charge >= 0.3 is 6.09 Å². The second kappa shape index (κ2) is 11.0. The molecule has 6 heteroatoms. The van der Waals surface area contributed by atoms with Gasteiger partial charge in [0.2, 0.25) is 0 Å². The average Bonchev–Trinajstić information content (AvgIpc) is 3.08. The number of rotatable bonds is 9. The van der Waals surface area contributed by atoms with Crippen LogP contribution in [-0.4, -0.2) is 47.4 Å². The van der Waals surface area contributed by atoms with Crippen LogP contribution in [0.4, 0.5) is 4.79 Å². The van der Waals surface area contributed by atoms with E-state index >= 15 is 0 Å². The maximum absolute atomic E-state index is 12.1. The van der Waals surface area contributed by atoms with Crippen LogP contribution in [-0.2, 0) is 15.9 Å². The highest BCUT2D eigenvalue weighted by Crippen LogP contribution is 2.20. The first kappa shape index (κ1) is 23.0. The average molecular weight is 411 g/mol. The Morgan fingerprint density at radius 1 is 1.36 bits per heavy atom. The Labute approximate surface area is 174 Å². The van der Waals surface area contributed by atoms with Crippen molar-refractivity contribution < 1.29 is 14.3 Å². The fourth-order valence-electron chi connectivity index (χ4n) is 3.35. The van der Waals surface area contributed by atoms with E-state index in [9.17, 15) is 4.79 Å². The third kappa shape index (κ3) is 8.36. The summed E-state index contributed by atoms with van der Waals surface area (Å²) in [6.45, 7) is 10.1. The van der Waals surface area contributed by atoms with E-state index in [1.807, 2.05) is 26.8 Å². The summed E-state index contributed by atoms with van der Waals surface area (Å²) in [6.07, 6.45) is 8.03. The fourth-order valence-corrected chi connectivity index (χ4v) is 3.57. The largest absolute Gasteiger partial charge is 0.444 e. The van der Waals surface area contributed by atoms with E-state index in [-0.39, 0.29) is 12.2 Å². The number of ether oxygens (including phenoxy) is 2. The van der Waals surface area contributed by atoms with Crippen LogP contribution in [0.25, 0.3) is 0 Å². The molecule has 158 valence electrons. The zero-order chi connectivity index (χ0) is 20.6. The lowest BCUT2D eigenvalue weighted by Crippen LogP contribution is -2.36. The Morgan fingerprint density at radius 2 is 2.14 bits per heavy atom. The number of nitrogens with zero attached hydrogens (tertiary/aromatic N) is 2. The monoisotopic (exact) mass is 410 g/mol. The van der Waals surface area contributed by atoms with Crippen LogP contribution in [0.3, 0.4) is 0 Å². The molecule has 1 aliphatic rings. The molecule has 1 fully saturated rings. The van der Waals surface area contributed by atoms with Crippen molar-refractivity contribution >= 4 is 17.7 Å². The molecule has 0 spiro atoms. The lowest BCUT2D eigenvalue weighted by molar-refractivity contribution is 0.0205. The van der Waals surface area contributed by atoms with Gasteiger partial charge in [-0.3, -0.25) is 0 Å². The lowest BCUT2D eigenvalue weighted by atomic mass is 9.97. The normalized spacial score (nSPS) is 18.3. The topological polar surface area (TPSA) is 51.7 Å². The van der Waals surface area contributed by atoms with Crippen molar-refractivity contribution in [3.8, 4) is 0 Å². The molecule has 1 unspecified atom stereocenters. The number of aromatic nitrogens is 1.